The molecule has 0 saturated carbocycles. The van der Waals surface area contributed by atoms with E-state index in [-0.39, 0.29) is 24.8 Å². The number of nitrogens with zero attached hydrogens (tertiary/aromatic N) is 3. The third-order valence-corrected chi connectivity index (χ3v) is 4.88. The van der Waals surface area contributed by atoms with Crippen LogP contribution in [0.2, 0.25) is 0 Å². The Hall–Kier alpha value is -3.33. The minimum Gasteiger partial charge on any atom is -0.372 e. The number of nitrogens with one attached hydrogen (secondary N) is 1. The second-order valence-corrected chi connectivity index (χ2v) is 6.84. The molecule has 1 aliphatic rings. The van der Waals surface area contributed by atoms with E-state index in [9.17, 15) is 14.9 Å². The smallest absolute Gasteiger partial charge is 0.226 e. The van der Waals surface area contributed by atoms with Gasteiger partial charge in [0.25, 0.3) is 0 Å². The van der Waals surface area contributed by atoms with Crippen molar-refractivity contribution in [2.24, 2.45) is 0 Å². The van der Waals surface area contributed by atoms with Gasteiger partial charge in [-0.1, -0.05) is 12.1 Å². The van der Waals surface area contributed by atoms with Gasteiger partial charge in [0.15, 0.2) is 0 Å². The highest BCUT2D eigenvalue weighted by Gasteiger charge is 2.17. The fourth-order valence-corrected chi connectivity index (χ4v) is 3.42. The van der Waals surface area contributed by atoms with Gasteiger partial charge in [-0.05, 0) is 49.2 Å². The lowest BCUT2D eigenvalue weighted by molar-refractivity contribution is -0.117. The number of hydrogen-bond donors (Lipinski definition) is 1. The summed E-state index contributed by atoms with van der Waals surface area (Å²) in [6, 6.07) is 16.8. The van der Waals surface area contributed by atoms with Crippen LogP contribution in [0.4, 0.5) is 17.1 Å². The molecule has 0 aromatic heterocycles. The molecule has 0 radical (unpaired) electrons. The quantitative estimate of drug-likeness (QED) is 0.837. The van der Waals surface area contributed by atoms with Crippen molar-refractivity contribution < 1.29 is 9.59 Å². The van der Waals surface area contributed by atoms with E-state index < -0.39 is 0 Å². The lowest BCUT2D eigenvalue weighted by atomic mass is 10.1. The molecule has 2 aromatic rings. The molecule has 1 aliphatic heterocycles. The Balaban J connectivity index is 1.59. The number of carbonyl (C=O) groups is 2. The average molecular weight is 376 g/mol. The van der Waals surface area contributed by atoms with Crippen LogP contribution < -0.4 is 15.1 Å². The highest BCUT2D eigenvalue weighted by Crippen LogP contribution is 2.23. The molecular weight excluding hydrogens is 352 g/mol. The topological polar surface area (TPSA) is 76.4 Å². The number of hydrogen-bond acceptors (Lipinski definition) is 4. The summed E-state index contributed by atoms with van der Waals surface area (Å²) in [5, 5.41) is 12.1. The molecule has 3 rings (SSSR count). The van der Waals surface area contributed by atoms with Gasteiger partial charge < -0.3 is 15.1 Å². The molecule has 2 aromatic carbocycles. The molecule has 0 aliphatic carbocycles. The molecule has 1 saturated heterocycles. The van der Waals surface area contributed by atoms with Crippen LogP contribution in [0.25, 0.3) is 0 Å². The SMILES string of the molecule is CC(=O)N(CCC(=O)Nc1ccc(N2CCCC2)cc1)c1ccccc1C#N. The van der Waals surface area contributed by atoms with Crippen LogP contribution in [0.5, 0.6) is 0 Å². The maximum absolute atomic E-state index is 12.3. The lowest BCUT2D eigenvalue weighted by Gasteiger charge is -2.22. The largest absolute Gasteiger partial charge is 0.372 e. The van der Waals surface area contributed by atoms with Gasteiger partial charge in [-0.3, -0.25) is 9.59 Å². The standard InChI is InChI=1S/C22H24N4O2/c1-17(27)26(21-7-3-2-6-18(21)16-23)15-12-22(28)24-19-8-10-20(11-9-19)25-13-4-5-14-25/h2-3,6-11H,4-5,12-15H2,1H3,(H,24,28). The highest BCUT2D eigenvalue weighted by molar-refractivity contribution is 5.95. The van der Waals surface area contributed by atoms with Crippen LogP contribution in [0, 0.1) is 11.3 Å². The maximum atomic E-state index is 12.3. The minimum atomic E-state index is -0.203. The van der Waals surface area contributed by atoms with E-state index in [0.29, 0.717) is 11.3 Å². The average Bonchev–Trinajstić information content (AvgIpc) is 3.23. The first-order chi connectivity index (χ1) is 13.6. The van der Waals surface area contributed by atoms with E-state index in [1.165, 1.54) is 30.4 Å². The molecule has 2 amide bonds. The van der Waals surface area contributed by atoms with E-state index in [1.54, 1.807) is 24.3 Å². The van der Waals surface area contributed by atoms with Crippen LogP contribution in [0.1, 0.15) is 31.7 Å². The van der Waals surface area contributed by atoms with Gasteiger partial charge >= 0.3 is 0 Å². The molecule has 1 N–H and O–H groups in total. The zero-order valence-corrected chi connectivity index (χ0v) is 16.0. The first-order valence-electron chi connectivity index (χ1n) is 9.50. The van der Waals surface area contributed by atoms with Gasteiger partial charge in [0.05, 0.1) is 11.3 Å². The first-order valence-corrected chi connectivity index (χ1v) is 9.50. The fraction of sp³-hybridized carbons (Fsp3) is 0.318. The van der Waals surface area contributed by atoms with Gasteiger partial charge in [-0.2, -0.15) is 5.26 Å². The number of anilines is 3. The molecule has 6 nitrogen and oxygen atoms in total. The van der Waals surface area contributed by atoms with Crippen molar-refractivity contribution in [1.29, 1.82) is 5.26 Å². The zero-order chi connectivity index (χ0) is 19.9. The number of amides is 2. The van der Waals surface area contributed by atoms with Crippen molar-refractivity contribution in [3.05, 3.63) is 54.1 Å². The molecule has 28 heavy (non-hydrogen) atoms. The van der Waals surface area contributed by atoms with Crippen LogP contribution in [0.15, 0.2) is 48.5 Å². The summed E-state index contributed by atoms with van der Waals surface area (Å²) in [5.74, 6) is -0.375. The van der Waals surface area contributed by atoms with Gasteiger partial charge in [0, 0.05) is 44.4 Å². The van der Waals surface area contributed by atoms with E-state index in [0.717, 1.165) is 18.8 Å². The van der Waals surface area contributed by atoms with E-state index >= 15 is 0 Å². The van der Waals surface area contributed by atoms with Crippen LogP contribution in [-0.4, -0.2) is 31.4 Å². The second kappa shape index (κ2) is 9.05. The predicted octanol–water partition coefficient (Wildman–Crippen LogP) is 3.54. The van der Waals surface area contributed by atoms with Gasteiger partial charge in [-0.25, -0.2) is 0 Å². The lowest BCUT2D eigenvalue weighted by Crippen LogP contribution is -2.32. The number of benzene rings is 2. The Labute approximate surface area is 165 Å². The Morgan fingerprint density at radius 2 is 1.79 bits per heavy atom. The molecule has 0 bridgehead atoms. The summed E-state index contributed by atoms with van der Waals surface area (Å²) in [7, 11) is 0. The fourth-order valence-electron chi connectivity index (χ4n) is 3.42. The Morgan fingerprint density at radius 3 is 2.43 bits per heavy atom. The maximum Gasteiger partial charge on any atom is 0.226 e. The van der Waals surface area contributed by atoms with Gasteiger partial charge in [0.2, 0.25) is 11.8 Å². The first kappa shape index (κ1) is 19.4. The van der Waals surface area contributed by atoms with Crippen molar-refractivity contribution in [2.75, 3.05) is 34.8 Å². The van der Waals surface area contributed by atoms with Gasteiger partial charge in [0.1, 0.15) is 6.07 Å². The third-order valence-electron chi connectivity index (χ3n) is 4.88. The normalized spacial score (nSPS) is 13.1. The molecular formula is C22H24N4O2. The Bertz CT molecular complexity index is 880. The monoisotopic (exact) mass is 376 g/mol. The summed E-state index contributed by atoms with van der Waals surface area (Å²) in [6.45, 7) is 3.81. The van der Waals surface area contributed by atoms with Crippen LogP contribution in [-0.2, 0) is 9.59 Å². The van der Waals surface area contributed by atoms with Crippen molar-refractivity contribution in [3.63, 3.8) is 0 Å². The number of nitriles is 1. The predicted molar refractivity (Wildman–Crippen MR) is 110 cm³/mol. The molecule has 144 valence electrons. The molecule has 0 unspecified atom stereocenters. The molecule has 0 atom stereocenters. The Kier molecular flexibility index (Phi) is 6.28. The highest BCUT2D eigenvalue weighted by atomic mass is 16.2. The summed E-state index contributed by atoms with van der Waals surface area (Å²) in [6.07, 6.45) is 2.59. The van der Waals surface area contributed by atoms with Gasteiger partial charge in [-0.15, -0.1) is 0 Å². The molecule has 6 heteroatoms. The molecule has 1 fully saturated rings. The molecule has 1 heterocycles. The summed E-state index contributed by atoms with van der Waals surface area (Å²) in [4.78, 5) is 28.2. The van der Waals surface area contributed by atoms with E-state index in [4.69, 9.17) is 0 Å². The van der Waals surface area contributed by atoms with Crippen LogP contribution >= 0.6 is 0 Å². The van der Waals surface area contributed by atoms with Crippen molar-refractivity contribution in [1.82, 2.24) is 0 Å². The number of rotatable bonds is 6. The second-order valence-electron chi connectivity index (χ2n) is 6.84. The summed E-state index contributed by atoms with van der Waals surface area (Å²) in [5.41, 5.74) is 2.85. The van der Waals surface area contributed by atoms with Crippen LogP contribution in [0.3, 0.4) is 0 Å². The van der Waals surface area contributed by atoms with Crippen molar-refractivity contribution in [3.8, 4) is 6.07 Å². The summed E-state index contributed by atoms with van der Waals surface area (Å²) >= 11 is 0. The summed E-state index contributed by atoms with van der Waals surface area (Å²) < 4.78 is 0. The van der Waals surface area contributed by atoms with E-state index in [1.807, 2.05) is 24.3 Å². The van der Waals surface area contributed by atoms with Crippen molar-refractivity contribution >= 4 is 28.9 Å². The number of carbonyl (C=O) groups excluding carboxylic acids is 2. The number of para-hydroxylation sites is 1. The molecule has 0 spiro atoms. The Morgan fingerprint density at radius 1 is 1.11 bits per heavy atom. The minimum absolute atomic E-state index is 0.146. The van der Waals surface area contributed by atoms with E-state index in [2.05, 4.69) is 16.3 Å². The van der Waals surface area contributed by atoms with Crippen molar-refractivity contribution in [2.45, 2.75) is 26.2 Å². The third kappa shape index (κ3) is 4.68. The zero-order valence-electron chi connectivity index (χ0n) is 16.0.